The van der Waals surface area contributed by atoms with Gasteiger partial charge in [0.05, 0.1) is 5.56 Å². The third-order valence-corrected chi connectivity index (χ3v) is 5.15. The van der Waals surface area contributed by atoms with Crippen molar-refractivity contribution in [2.75, 3.05) is 0 Å². The fraction of sp³-hybridized carbons (Fsp3) is 0.0385. The van der Waals surface area contributed by atoms with E-state index >= 15 is 0 Å². The average molecular weight is 428 g/mol. The summed E-state index contributed by atoms with van der Waals surface area (Å²) >= 11 is 0. The van der Waals surface area contributed by atoms with E-state index in [0.29, 0.717) is 5.56 Å². The molecule has 4 aromatic rings. The molecule has 0 aromatic heterocycles. The maximum atomic E-state index is 12.4. The first-order chi connectivity index (χ1) is 15.4. The van der Waals surface area contributed by atoms with Gasteiger partial charge in [-0.2, -0.15) is 0 Å². The molecule has 0 fully saturated rings. The molecule has 0 radical (unpaired) electrons. The Bertz CT molecular complexity index is 1180. The van der Waals surface area contributed by atoms with Crippen molar-refractivity contribution >= 4 is 5.97 Å². The van der Waals surface area contributed by atoms with E-state index < -0.39 is 11.6 Å². The number of phenols is 4. The van der Waals surface area contributed by atoms with Crippen LogP contribution in [-0.2, 0) is 10.3 Å². The van der Waals surface area contributed by atoms with Crippen molar-refractivity contribution < 1.29 is 30.0 Å². The highest BCUT2D eigenvalue weighted by molar-refractivity contribution is 5.96. The number of hydrogen-bond acceptors (Lipinski definition) is 6. The van der Waals surface area contributed by atoms with Gasteiger partial charge in [-0.3, -0.25) is 0 Å². The molecule has 5 rings (SSSR count). The Morgan fingerprint density at radius 1 is 0.562 bits per heavy atom. The third-order valence-electron chi connectivity index (χ3n) is 5.15. The number of cyclic esters (lactones) is 1. The van der Waals surface area contributed by atoms with Gasteiger partial charge in [-0.05, 0) is 42.5 Å². The minimum Gasteiger partial charge on any atom is -0.508 e. The summed E-state index contributed by atoms with van der Waals surface area (Å²) in [6, 6.07) is 26.3. The van der Waals surface area contributed by atoms with Gasteiger partial charge in [0.1, 0.15) is 23.0 Å². The zero-order chi connectivity index (χ0) is 22.7. The summed E-state index contributed by atoms with van der Waals surface area (Å²) in [5, 5.41) is 36.5. The molecule has 1 heterocycles. The van der Waals surface area contributed by atoms with Crippen LogP contribution < -0.4 is 0 Å². The summed E-state index contributed by atoms with van der Waals surface area (Å²) in [4.78, 5) is 12.4. The molecule has 32 heavy (non-hydrogen) atoms. The number of aromatic hydroxyl groups is 4. The zero-order valence-corrected chi connectivity index (χ0v) is 16.8. The number of esters is 1. The molecular formula is C26H20O6. The van der Waals surface area contributed by atoms with Crippen molar-refractivity contribution in [3.8, 4) is 23.0 Å². The minimum atomic E-state index is -1.10. The van der Waals surface area contributed by atoms with Crippen LogP contribution in [-0.4, -0.2) is 26.4 Å². The van der Waals surface area contributed by atoms with Crippen LogP contribution in [0.2, 0.25) is 0 Å². The third kappa shape index (κ3) is 3.81. The van der Waals surface area contributed by atoms with Gasteiger partial charge >= 0.3 is 5.97 Å². The van der Waals surface area contributed by atoms with Gasteiger partial charge in [-0.25, -0.2) is 4.79 Å². The van der Waals surface area contributed by atoms with Crippen LogP contribution in [0.5, 0.6) is 23.0 Å². The summed E-state index contributed by atoms with van der Waals surface area (Å²) in [7, 11) is 0. The molecular weight excluding hydrogens is 408 g/mol. The van der Waals surface area contributed by atoms with Crippen molar-refractivity contribution in [2.24, 2.45) is 0 Å². The zero-order valence-electron chi connectivity index (χ0n) is 16.8. The first kappa shape index (κ1) is 20.8. The number of rotatable bonds is 2. The predicted octanol–water partition coefficient (Wildman–Crippen LogP) is 4.66. The van der Waals surface area contributed by atoms with E-state index in [0.717, 1.165) is 16.7 Å². The van der Waals surface area contributed by atoms with E-state index in [2.05, 4.69) is 0 Å². The molecule has 1 aliphatic heterocycles. The topological polar surface area (TPSA) is 107 Å². The van der Waals surface area contributed by atoms with Crippen molar-refractivity contribution in [1.29, 1.82) is 0 Å². The second kappa shape index (κ2) is 8.35. The molecule has 0 amide bonds. The maximum Gasteiger partial charge on any atom is 0.340 e. The first-order valence-corrected chi connectivity index (χ1v) is 9.80. The van der Waals surface area contributed by atoms with E-state index in [-0.39, 0.29) is 23.0 Å². The number of fused-ring (bicyclic) bond motifs is 1. The van der Waals surface area contributed by atoms with Crippen LogP contribution in [0.3, 0.4) is 0 Å². The van der Waals surface area contributed by atoms with Gasteiger partial charge in [0.2, 0.25) is 0 Å². The number of ether oxygens (including phenoxy) is 1. The molecule has 160 valence electrons. The fourth-order valence-electron chi connectivity index (χ4n) is 3.70. The summed E-state index contributed by atoms with van der Waals surface area (Å²) in [5.74, 6) is 0.0520. The molecule has 6 heteroatoms. The van der Waals surface area contributed by atoms with Crippen molar-refractivity contribution in [2.45, 2.75) is 5.60 Å². The van der Waals surface area contributed by atoms with E-state index in [1.54, 1.807) is 66.7 Å². The SMILES string of the molecule is O=C1OC(c2ccc(O)cc2)(c2ccc(O)cc2)c2ccccc21.Oc1cccc(O)c1. The summed E-state index contributed by atoms with van der Waals surface area (Å²) in [6.07, 6.45) is 0. The fourth-order valence-corrected chi connectivity index (χ4v) is 3.70. The molecule has 0 bridgehead atoms. The maximum absolute atomic E-state index is 12.4. The van der Waals surface area contributed by atoms with Crippen LogP contribution in [0.4, 0.5) is 0 Å². The normalized spacial score (nSPS) is 13.4. The Balaban J connectivity index is 0.000000260. The van der Waals surface area contributed by atoms with Crippen LogP contribution in [0.1, 0.15) is 27.0 Å². The van der Waals surface area contributed by atoms with E-state index in [9.17, 15) is 15.0 Å². The Kier molecular flexibility index (Phi) is 5.43. The molecule has 0 aliphatic carbocycles. The Morgan fingerprint density at radius 3 is 1.53 bits per heavy atom. The number of benzene rings is 4. The van der Waals surface area contributed by atoms with Gasteiger partial charge < -0.3 is 25.2 Å². The summed E-state index contributed by atoms with van der Waals surface area (Å²) in [6.45, 7) is 0. The number of phenolic OH excluding ortho intramolecular Hbond substituents is 4. The monoisotopic (exact) mass is 428 g/mol. The molecule has 6 nitrogen and oxygen atoms in total. The minimum absolute atomic E-state index is 0.0880. The van der Waals surface area contributed by atoms with E-state index in [4.69, 9.17) is 14.9 Å². The lowest BCUT2D eigenvalue weighted by Crippen LogP contribution is -2.29. The molecule has 0 saturated carbocycles. The number of carbonyl (C=O) groups is 1. The van der Waals surface area contributed by atoms with Crippen molar-refractivity contribution in [1.82, 2.24) is 0 Å². The van der Waals surface area contributed by atoms with Gasteiger partial charge in [-0.15, -0.1) is 0 Å². The smallest absolute Gasteiger partial charge is 0.340 e. The molecule has 0 saturated heterocycles. The molecule has 0 spiro atoms. The lowest BCUT2D eigenvalue weighted by molar-refractivity contribution is 0.0251. The van der Waals surface area contributed by atoms with Gasteiger partial charge in [0, 0.05) is 22.8 Å². The lowest BCUT2D eigenvalue weighted by Gasteiger charge is -2.30. The van der Waals surface area contributed by atoms with Crippen LogP contribution >= 0.6 is 0 Å². The highest BCUT2D eigenvalue weighted by Crippen LogP contribution is 2.47. The largest absolute Gasteiger partial charge is 0.508 e. The second-order valence-corrected chi connectivity index (χ2v) is 7.23. The standard InChI is InChI=1S/C20H14O4.C6H6O2/c21-15-9-5-13(6-10-15)20(14-7-11-16(22)12-8-14)18-4-2-1-3-17(18)19(23)24-20;7-5-2-1-3-6(8)4-5/h1-12,21-22H;1-4,7-8H. The molecule has 4 aromatic carbocycles. The highest BCUT2D eigenvalue weighted by atomic mass is 16.6. The van der Waals surface area contributed by atoms with Gasteiger partial charge in [0.15, 0.2) is 5.60 Å². The van der Waals surface area contributed by atoms with Crippen LogP contribution in [0.25, 0.3) is 0 Å². The second-order valence-electron chi connectivity index (χ2n) is 7.23. The Morgan fingerprint density at radius 2 is 1.06 bits per heavy atom. The van der Waals surface area contributed by atoms with Crippen molar-refractivity contribution in [3.05, 3.63) is 119 Å². The quantitative estimate of drug-likeness (QED) is 0.346. The summed E-state index contributed by atoms with van der Waals surface area (Å²) in [5.41, 5.74) is 1.60. The van der Waals surface area contributed by atoms with Gasteiger partial charge in [-0.1, -0.05) is 48.5 Å². The van der Waals surface area contributed by atoms with E-state index in [1.807, 2.05) is 12.1 Å². The van der Waals surface area contributed by atoms with Gasteiger partial charge in [0.25, 0.3) is 0 Å². The summed E-state index contributed by atoms with van der Waals surface area (Å²) < 4.78 is 5.87. The molecule has 1 aliphatic rings. The lowest BCUT2D eigenvalue weighted by atomic mass is 9.80. The predicted molar refractivity (Wildman–Crippen MR) is 118 cm³/mol. The molecule has 0 unspecified atom stereocenters. The molecule has 4 N–H and O–H groups in total. The Labute approximate surface area is 184 Å². The Hall–Kier alpha value is -4.45. The van der Waals surface area contributed by atoms with Crippen LogP contribution in [0, 0.1) is 0 Å². The molecule has 0 atom stereocenters. The first-order valence-electron chi connectivity index (χ1n) is 9.80. The van der Waals surface area contributed by atoms with E-state index in [1.165, 1.54) is 18.2 Å². The van der Waals surface area contributed by atoms with Crippen LogP contribution in [0.15, 0.2) is 97.1 Å². The average Bonchev–Trinajstić information content (AvgIpc) is 3.09. The number of hydrogen-bond donors (Lipinski definition) is 4. The number of carbonyl (C=O) groups excluding carboxylic acids is 1. The highest BCUT2D eigenvalue weighted by Gasteiger charge is 2.48. The van der Waals surface area contributed by atoms with Crippen molar-refractivity contribution in [3.63, 3.8) is 0 Å².